The molecule has 16 heteroatoms. The first-order valence-electron chi connectivity index (χ1n) is 21.6. The third-order valence-corrected chi connectivity index (χ3v) is 16.5. The molecule has 1 aromatic carbocycles. The third-order valence-electron chi connectivity index (χ3n) is 14.4. The van der Waals surface area contributed by atoms with Crippen molar-refractivity contribution in [3.8, 4) is 11.6 Å². The Morgan fingerprint density at radius 2 is 1.75 bits per heavy atom. The predicted molar refractivity (Wildman–Crippen MR) is 225 cm³/mol. The van der Waals surface area contributed by atoms with Crippen LogP contribution in [0.1, 0.15) is 85.5 Å². The summed E-state index contributed by atoms with van der Waals surface area (Å²) in [4.78, 5) is 65.5. The number of methoxy groups -OCH3 is 1. The number of hydrogen-bond acceptors (Lipinski definition) is 11. The van der Waals surface area contributed by atoms with E-state index in [1.165, 1.54) is 4.90 Å². The number of amides is 4. The average Bonchev–Trinajstić information content (AvgIpc) is 4.12. The van der Waals surface area contributed by atoms with Gasteiger partial charge in [0.1, 0.15) is 41.4 Å². The molecule has 4 amide bonds. The fourth-order valence-corrected chi connectivity index (χ4v) is 11.2. The molecule has 2 aliphatic heterocycles. The van der Waals surface area contributed by atoms with E-state index < -0.39 is 68.2 Å². The second-order valence-electron chi connectivity index (χ2n) is 19.0. The van der Waals surface area contributed by atoms with Crippen LogP contribution in [0, 0.1) is 35.5 Å². The zero-order valence-electron chi connectivity index (χ0n) is 35.7. The Hall–Kier alpha value is -4.60. The number of ether oxygens (including phenoxy) is 3. The van der Waals surface area contributed by atoms with Gasteiger partial charge in [-0.1, -0.05) is 32.9 Å². The number of carbonyl (C=O) groups is 4. The summed E-state index contributed by atoms with van der Waals surface area (Å²) in [6.07, 6.45) is 7.11. The van der Waals surface area contributed by atoms with Crippen LogP contribution < -0.4 is 29.7 Å². The Morgan fingerprint density at radius 3 is 2.43 bits per heavy atom. The monoisotopic (exact) mass is 848 g/mol. The van der Waals surface area contributed by atoms with Gasteiger partial charge in [-0.2, -0.15) is 4.98 Å². The van der Waals surface area contributed by atoms with Gasteiger partial charge in [0.25, 0.3) is 5.91 Å². The zero-order valence-corrected chi connectivity index (χ0v) is 36.5. The number of allylic oxidation sites excluding steroid dienone is 1. The summed E-state index contributed by atoms with van der Waals surface area (Å²) in [6, 6.07) is 5.31. The number of alkyl carbamates (subject to hydrolysis) is 1. The van der Waals surface area contributed by atoms with Crippen LogP contribution in [0.15, 0.2) is 36.4 Å². The summed E-state index contributed by atoms with van der Waals surface area (Å²) in [5, 5.41) is 7.41. The quantitative estimate of drug-likeness (QED) is 0.298. The summed E-state index contributed by atoms with van der Waals surface area (Å²) in [5.41, 5.74) is -1.53. The minimum absolute atomic E-state index is 0.0168. The van der Waals surface area contributed by atoms with Crippen LogP contribution in [-0.2, 0) is 29.1 Å². The van der Waals surface area contributed by atoms with Crippen molar-refractivity contribution in [1.82, 2.24) is 25.2 Å². The van der Waals surface area contributed by atoms with Crippen LogP contribution >= 0.6 is 0 Å². The number of pyridine rings is 1. The van der Waals surface area contributed by atoms with E-state index in [0.29, 0.717) is 66.3 Å². The number of fused-ring (bicyclic) bond motifs is 4. The SMILES string of the molecule is COc1ccc2c(OC3CC4C(=O)NC5(C(=O)NS(=O)(=O)C6(C)CC6)CC5C=CCCC(C)CC(C)C(NC(=O)OC5CC6C(C)C6C5)C(=O)N4C3)nc(N(C)C)cc2c1. The highest BCUT2D eigenvalue weighted by Crippen LogP contribution is 2.57. The number of anilines is 1. The number of nitrogens with zero attached hydrogens (tertiary/aromatic N) is 3. The summed E-state index contributed by atoms with van der Waals surface area (Å²) in [6.45, 7) is 7.85. The Morgan fingerprint density at radius 1 is 1.02 bits per heavy atom. The lowest BCUT2D eigenvalue weighted by Crippen LogP contribution is -2.59. The molecule has 0 spiro atoms. The highest BCUT2D eigenvalue weighted by atomic mass is 32.2. The number of hydrogen-bond donors (Lipinski definition) is 3. The molecule has 326 valence electrons. The Labute approximate surface area is 352 Å². The second kappa shape index (κ2) is 15.7. The molecule has 2 aromatic rings. The fourth-order valence-electron chi connectivity index (χ4n) is 9.92. The number of sulfonamides is 1. The maximum atomic E-state index is 15.1. The van der Waals surface area contributed by atoms with Crippen LogP contribution in [0.2, 0.25) is 0 Å². The van der Waals surface area contributed by atoms with Crippen LogP contribution in [0.5, 0.6) is 11.6 Å². The number of aromatic nitrogens is 1. The summed E-state index contributed by atoms with van der Waals surface area (Å²) >= 11 is 0. The molecule has 4 saturated carbocycles. The van der Waals surface area contributed by atoms with Gasteiger partial charge in [0, 0.05) is 31.8 Å². The average molecular weight is 849 g/mol. The van der Waals surface area contributed by atoms with Crippen LogP contribution in [0.25, 0.3) is 10.8 Å². The van der Waals surface area contributed by atoms with Crippen LogP contribution in [0.3, 0.4) is 0 Å². The molecule has 3 N–H and O–H groups in total. The minimum atomic E-state index is -4.01. The molecule has 9 atom stereocenters. The lowest BCUT2D eigenvalue weighted by Gasteiger charge is -2.33. The van der Waals surface area contributed by atoms with Crippen molar-refractivity contribution >= 4 is 50.4 Å². The zero-order chi connectivity index (χ0) is 42.9. The van der Waals surface area contributed by atoms with Gasteiger partial charge in [-0.25, -0.2) is 13.2 Å². The van der Waals surface area contributed by atoms with Gasteiger partial charge in [0.2, 0.25) is 27.7 Å². The van der Waals surface area contributed by atoms with Crippen molar-refractivity contribution in [1.29, 1.82) is 0 Å². The minimum Gasteiger partial charge on any atom is -0.497 e. The van der Waals surface area contributed by atoms with E-state index in [9.17, 15) is 22.8 Å². The number of nitrogens with one attached hydrogen (secondary N) is 3. The second-order valence-corrected chi connectivity index (χ2v) is 21.2. The lowest BCUT2D eigenvalue weighted by molar-refractivity contribution is -0.142. The maximum absolute atomic E-state index is 15.1. The molecule has 6 aliphatic rings. The Bertz CT molecular complexity index is 2180. The van der Waals surface area contributed by atoms with Crippen molar-refractivity contribution in [3.05, 3.63) is 36.4 Å². The molecule has 5 fully saturated rings. The van der Waals surface area contributed by atoms with E-state index in [4.69, 9.17) is 19.2 Å². The van der Waals surface area contributed by atoms with E-state index in [1.807, 2.05) is 62.3 Å². The van der Waals surface area contributed by atoms with Gasteiger partial charge in [0.05, 0.1) is 18.4 Å². The normalized spacial score (nSPS) is 34.5. The molecule has 1 aromatic heterocycles. The predicted octanol–water partition coefficient (Wildman–Crippen LogP) is 4.68. The standard InChI is InChI=1S/C44H60N6O9S/c1-24-10-8-9-11-28-22-44(28,41(53)48-60(55,56)43(4)14-15-43)47-38(51)35-21-31(58-39-32-13-12-29(57-7)17-27(32)18-36(45-39)49(5)6)23-50(35)40(52)37(25(2)16-24)46-42(54)59-30-19-33-26(3)34(33)20-30/h9,11-13,17-18,24-26,28,30-31,33-35,37H,8,10,14-16,19-23H2,1-7H3,(H,46,54)(H,47,51)(H,48,53). The van der Waals surface area contributed by atoms with Crippen LogP contribution in [-0.4, -0.2) is 104 Å². The molecule has 0 radical (unpaired) electrons. The molecule has 3 heterocycles. The maximum Gasteiger partial charge on any atom is 0.408 e. The van der Waals surface area contributed by atoms with E-state index in [-0.39, 0.29) is 37.3 Å². The first-order chi connectivity index (χ1) is 28.4. The molecule has 0 bridgehead atoms. The molecule has 8 rings (SSSR count). The topological polar surface area (TPSA) is 186 Å². The van der Waals surface area contributed by atoms with E-state index >= 15 is 4.79 Å². The van der Waals surface area contributed by atoms with E-state index in [0.717, 1.165) is 24.6 Å². The highest BCUT2D eigenvalue weighted by molar-refractivity contribution is 7.91. The van der Waals surface area contributed by atoms with E-state index in [2.05, 4.69) is 29.2 Å². The molecule has 4 aliphatic carbocycles. The molecule has 15 nitrogen and oxygen atoms in total. The van der Waals surface area contributed by atoms with Gasteiger partial charge in [-0.3, -0.25) is 19.1 Å². The van der Waals surface area contributed by atoms with Gasteiger partial charge in [-0.15, -0.1) is 0 Å². The Kier molecular flexibility index (Phi) is 11.0. The highest BCUT2D eigenvalue weighted by Gasteiger charge is 2.63. The fraction of sp³-hybridized carbons (Fsp3) is 0.659. The number of benzene rings is 1. The van der Waals surface area contributed by atoms with Crippen molar-refractivity contribution in [2.24, 2.45) is 35.5 Å². The molecule has 60 heavy (non-hydrogen) atoms. The molecular weight excluding hydrogens is 789 g/mol. The molecule has 9 unspecified atom stereocenters. The molecular formula is C44H60N6O9S. The van der Waals surface area contributed by atoms with Gasteiger partial charge < -0.3 is 34.6 Å². The third kappa shape index (κ3) is 8.12. The molecule has 1 saturated heterocycles. The number of rotatable bonds is 9. The largest absolute Gasteiger partial charge is 0.497 e. The van der Waals surface area contributed by atoms with Crippen molar-refractivity contribution in [2.45, 2.75) is 120 Å². The number of carbonyl (C=O) groups excluding carboxylic acids is 4. The van der Waals surface area contributed by atoms with Gasteiger partial charge in [-0.05, 0) is 118 Å². The van der Waals surface area contributed by atoms with Crippen LogP contribution in [0.4, 0.5) is 10.6 Å². The van der Waals surface area contributed by atoms with Gasteiger partial charge in [0.15, 0.2) is 0 Å². The first kappa shape index (κ1) is 42.1. The smallest absolute Gasteiger partial charge is 0.408 e. The van der Waals surface area contributed by atoms with Crippen molar-refractivity contribution in [2.75, 3.05) is 32.6 Å². The summed E-state index contributed by atoms with van der Waals surface area (Å²) < 4.78 is 45.9. The van der Waals surface area contributed by atoms with E-state index in [1.54, 1.807) is 14.0 Å². The summed E-state index contributed by atoms with van der Waals surface area (Å²) in [7, 11) is 1.32. The van der Waals surface area contributed by atoms with Gasteiger partial charge >= 0.3 is 6.09 Å². The Balaban J connectivity index is 1.11. The summed E-state index contributed by atoms with van der Waals surface area (Å²) in [5.74, 6) is 0.892. The lowest BCUT2D eigenvalue weighted by atomic mass is 9.88. The van der Waals surface area contributed by atoms with Crippen molar-refractivity contribution in [3.63, 3.8) is 0 Å². The van der Waals surface area contributed by atoms with Crippen molar-refractivity contribution < 1.29 is 41.8 Å². The first-order valence-corrected chi connectivity index (χ1v) is 23.1.